The lowest BCUT2D eigenvalue weighted by Crippen LogP contribution is -2.26. The quantitative estimate of drug-likeness (QED) is 0.883. The summed E-state index contributed by atoms with van der Waals surface area (Å²) in [7, 11) is 0. The normalized spacial score (nSPS) is 13.5. The molecule has 1 N–H and O–H groups in total. The van der Waals surface area contributed by atoms with E-state index in [9.17, 15) is 4.79 Å². The third kappa shape index (κ3) is 3.82. The van der Waals surface area contributed by atoms with E-state index in [-0.39, 0.29) is 17.7 Å². The molecular weight excluding hydrogens is 284 g/mol. The maximum atomic E-state index is 12.7. The molecule has 0 radical (unpaired) electrons. The molecule has 0 bridgehead atoms. The Morgan fingerprint density at radius 2 is 1.95 bits per heavy atom. The molecule has 2 rings (SSSR count). The highest BCUT2D eigenvalue weighted by molar-refractivity contribution is 6.33. The van der Waals surface area contributed by atoms with Crippen molar-refractivity contribution < 1.29 is 4.79 Å². The zero-order valence-corrected chi connectivity index (χ0v) is 13.0. The Labute approximate surface area is 130 Å². The second-order valence-electron chi connectivity index (χ2n) is 5.10. The fourth-order valence-electron chi connectivity index (χ4n) is 2.31. The average Bonchev–Trinajstić information content (AvgIpc) is 2.50. The first-order valence-corrected chi connectivity index (χ1v) is 7.47. The van der Waals surface area contributed by atoms with Crippen LogP contribution in [0.4, 0.5) is 5.82 Å². The van der Waals surface area contributed by atoms with Gasteiger partial charge in [-0.2, -0.15) is 0 Å². The molecule has 0 spiro atoms. The summed E-state index contributed by atoms with van der Waals surface area (Å²) in [6, 6.07) is 13.3. The molecule has 1 amide bonds. The molecule has 0 fully saturated rings. The predicted molar refractivity (Wildman–Crippen MR) is 86.5 cm³/mol. The van der Waals surface area contributed by atoms with Crippen LogP contribution in [0.5, 0.6) is 0 Å². The number of amides is 1. The number of nitrogens with one attached hydrogen (secondary N) is 1. The van der Waals surface area contributed by atoms with Gasteiger partial charge < -0.3 is 5.32 Å². The van der Waals surface area contributed by atoms with Crippen molar-refractivity contribution in [1.82, 2.24) is 4.98 Å². The van der Waals surface area contributed by atoms with Gasteiger partial charge in [0.1, 0.15) is 0 Å². The van der Waals surface area contributed by atoms with Gasteiger partial charge in [0.15, 0.2) is 5.82 Å². The molecule has 1 aromatic carbocycles. The van der Waals surface area contributed by atoms with Crippen molar-refractivity contribution in [3.8, 4) is 0 Å². The number of carbonyl (C=O) groups is 1. The highest BCUT2D eigenvalue weighted by atomic mass is 35.5. The minimum atomic E-state index is -0.214. The third-order valence-electron chi connectivity index (χ3n) is 3.65. The van der Waals surface area contributed by atoms with Gasteiger partial charge in [-0.25, -0.2) is 4.98 Å². The van der Waals surface area contributed by atoms with E-state index in [1.807, 2.05) is 30.3 Å². The number of aromatic nitrogens is 1. The number of pyridine rings is 1. The Hall–Kier alpha value is -1.87. The van der Waals surface area contributed by atoms with Crippen molar-refractivity contribution in [2.75, 3.05) is 5.32 Å². The molecule has 2 atom stereocenters. The van der Waals surface area contributed by atoms with Crippen molar-refractivity contribution >= 4 is 23.3 Å². The summed E-state index contributed by atoms with van der Waals surface area (Å²) in [5.74, 6) is 0.355. The van der Waals surface area contributed by atoms with E-state index >= 15 is 0 Å². The van der Waals surface area contributed by atoms with Crippen molar-refractivity contribution in [1.29, 1.82) is 0 Å². The summed E-state index contributed by atoms with van der Waals surface area (Å²) in [4.78, 5) is 16.8. The molecule has 110 valence electrons. The smallest absolute Gasteiger partial charge is 0.233 e. The number of hydrogen-bond acceptors (Lipinski definition) is 2. The molecule has 1 heterocycles. The molecule has 3 nitrogen and oxygen atoms in total. The van der Waals surface area contributed by atoms with Crippen LogP contribution in [0.1, 0.15) is 31.7 Å². The summed E-state index contributed by atoms with van der Waals surface area (Å²) in [5, 5.41) is 3.29. The van der Waals surface area contributed by atoms with Crippen LogP contribution in [0.15, 0.2) is 48.7 Å². The topological polar surface area (TPSA) is 42.0 Å². The third-order valence-corrected chi connectivity index (χ3v) is 3.96. The van der Waals surface area contributed by atoms with Crippen LogP contribution in [0, 0.1) is 5.92 Å². The average molecular weight is 303 g/mol. The number of nitrogens with zero attached hydrogens (tertiary/aromatic N) is 1. The summed E-state index contributed by atoms with van der Waals surface area (Å²) >= 11 is 6.06. The molecule has 1 aromatic heterocycles. The van der Waals surface area contributed by atoms with Crippen LogP contribution in [-0.2, 0) is 4.79 Å². The second-order valence-corrected chi connectivity index (χ2v) is 5.50. The molecule has 0 aliphatic rings. The lowest BCUT2D eigenvalue weighted by Gasteiger charge is -2.22. The van der Waals surface area contributed by atoms with Gasteiger partial charge in [-0.15, -0.1) is 0 Å². The number of anilines is 1. The number of carbonyl (C=O) groups excluding carboxylic acids is 1. The Balaban J connectivity index is 2.25. The molecule has 4 heteroatoms. The van der Waals surface area contributed by atoms with E-state index in [1.54, 1.807) is 18.3 Å². The lowest BCUT2D eigenvalue weighted by molar-refractivity contribution is -0.118. The first-order valence-electron chi connectivity index (χ1n) is 7.09. The largest absolute Gasteiger partial charge is 0.309 e. The molecule has 0 aliphatic heterocycles. The number of benzene rings is 1. The fraction of sp³-hybridized carbons (Fsp3) is 0.294. The lowest BCUT2D eigenvalue weighted by atomic mass is 9.85. The van der Waals surface area contributed by atoms with Crippen LogP contribution in [0.25, 0.3) is 0 Å². The van der Waals surface area contributed by atoms with Gasteiger partial charge in [0.2, 0.25) is 5.91 Å². The van der Waals surface area contributed by atoms with Gasteiger partial charge in [-0.05, 0) is 23.6 Å². The van der Waals surface area contributed by atoms with Gasteiger partial charge in [-0.1, -0.05) is 62.2 Å². The van der Waals surface area contributed by atoms with Crippen LogP contribution in [0.3, 0.4) is 0 Å². The number of halogens is 1. The Kier molecular flexibility index (Phi) is 5.34. The molecule has 0 saturated carbocycles. The van der Waals surface area contributed by atoms with Crippen LogP contribution >= 0.6 is 11.6 Å². The van der Waals surface area contributed by atoms with Crippen molar-refractivity contribution in [2.24, 2.45) is 5.92 Å². The first-order chi connectivity index (χ1) is 10.1. The van der Waals surface area contributed by atoms with Crippen molar-refractivity contribution in [3.05, 3.63) is 59.2 Å². The van der Waals surface area contributed by atoms with E-state index in [4.69, 9.17) is 11.6 Å². The summed E-state index contributed by atoms with van der Waals surface area (Å²) in [5.41, 5.74) is 1.01. The zero-order chi connectivity index (χ0) is 15.2. The second kappa shape index (κ2) is 7.23. The van der Waals surface area contributed by atoms with Gasteiger partial charge in [-0.3, -0.25) is 4.79 Å². The molecule has 2 aromatic rings. The SMILES string of the molecule is CCC(C)C(C(=O)Nc1ncccc1Cl)c1ccccc1. The van der Waals surface area contributed by atoms with Gasteiger partial charge in [0.25, 0.3) is 0 Å². The van der Waals surface area contributed by atoms with Gasteiger partial charge in [0, 0.05) is 6.20 Å². The van der Waals surface area contributed by atoms with E-state index < -0.39 is 0 Å². The van der Waals surface area contributed by atoms with E-state index in [0.29, 0.717) is 10.8 Å². The number of hydrogen-bond donors (Lipinski definition) is 1. The molecule has 0 saturated heterocycles. The standard InChI is InChI=1S/C17H19ClN2O/c1-3-12(2)15(13-8-5-4-6-9-13)17(21)20-16-14(18)10-7-11-19-16/h4-12,15H,3H2,1-2H3,(H,19,20,21). The maximum absolute atomic E-state index is 12.7. The summed E-state index contributed by atoms with van der Waals surface area (Å²) in [6.45, 7) is 4.17. The molecule has 0 aliphatic carbocycles. The van der Waals surface area contributed by atoms with Gasteiger partial charge >= 0.3 is 0 Å². The van der Waals surface area contributed by atoms with Crippen LogP contribution < -0.4 is 5.32 Å². The Morgan fingerprint density at radius 3 is 2.57 bits per heavy atom. The highest BCUT2D eigenvalue weighted by Crippen LogP contribution is 2.29. The van der Waals surface area contributed by atoms with Gasteiger partial charge in [0.05, 0.1) is 10.9 Å². The minimum Gasteiger partial charge on any atom is -0.309 e. The minimum absolute atomic E-state index is 0.0730. The zero-order valence-electron chi connectivity index (χ0n) is 12.2. The molecule has 21 heavy (non-hydrogen) atoms. The highest BCUT2D eigenvalue weighted by Gasteiger charge is 2.26. The maximum Gasteiger partial charge on any atom is 0.233 e. The van der Waals surface area contributed by atoms with Crippen LogP contribution in [0.2, 0.25) is 5.02 Å². The van der Waals surface area contributed by atoms with Crippen LogP contribution in [-0.4, -0.2) is 10.9 Å². The summed E-state index contributed by atoms with van der Waals surface area (Å²) in [6.07, 6.45) is 2.53. The monoisotopic (exact) mass is 302 g/mol. The Morgan fingerprint density at radius 1 is 1.24 bits per heavy atom. The molecule has 2 unspecified atom stereocenters. The predicted octanol–water partition coefficient (Wildman–Crippen LogP) is 4.50. The summed E-state index contributed by atoms with van der Waals surface area (Å²) < 4.78 is 0. The van der Waals surface area contributed by atoms with Crippen molar-refractivity contribution in [3.63, 3.8) is 0 Å². The van der Waals surface area contributed by atoms with E-state index in [2.05, 4.69) is 24.1 Å². The Bertz CT molecular complexity index is 601. The first kappa shape index (κ1) is 15.5. The van der Waals surface area contributed by atoms with Crippen molar-refractivity contribution in [2.45, 2.75) is 26.2 Å². The molecular formula is C17H19ClN2O. The fourth-order valence-corrected chi connectivity index (χ4v) is 2.48. The number of rotatable bonds is 5. The van der Waals surface area contributed by atoms with E-state index in [1.165, 1.54) is 0 Å². The van der Waals surface area contributed by atoms with E-state index in [0.717, 1.165) is 12.0 Å².